The molecule has 188 valence electrons. The summed E-state index contributed by atoms with van der Waals surface area (Å²) < 4.78 is 12.9. The number of carbonyl (C=O) groups is 1. The van der Waals surface area contributed by atoms with E-state index in [1.165, 1.54) is 18.4 Å². The van der Waals surface area contributed by atoms with Crippen LogP contribution >= 0.6 is 34.5 Å². The van der Waals surface area contributed by atoms with Gasteiger partial charge in [-0.2, -0.15) is 0 Å². The first-order valence-corrected chi connectivity index (χ1v) is 13.2. The van der Waals surface area contributed by atoms with Crippen molar-refractivity contribution in [1.29, 1.82) is 0 Å². The van der Waals surface area contributed by atoms with Crippen molar-refractivity contribution in [1.82, 2.24) is 4.57 Å². The molecule has 2 heterocycles. The van der Waals surface area contributed by atoms with E-state index in [0.29, 0.717) is 37.3 Å². The number of fused-ring (bicyclic) bond motifs is 1. The van der Waals surface area contributed by atoms with Gasteiger partial charge in [0.1, 0.15) is 5.75 Å². The fraction of sp³-hybridized carbons (Fsp3) is 0.296. The van der Waals surface area contributed by atoms with Crippen LogP contribution in [0.2, 0.25) is 10.0 Å². The molecule has 36 heavy (non-hydrogen) atoms. The second-order valence-corrected chi connectivity index (χ2v) is 10.2. The highest BCUT2D eigenvalue weighted by molar-refractivity contribution is 7.07. The van der Waals surface area contributed by atoms with E-state index in [-0.39, 0.29) is 5.56 Å². The van der Waals surface area contributed by atoms with E-state index in [2.05, 4.69) is 11.9 Å². The first-order valence-electron chi connectivity index (χ1n) is 11.6. The van der Waals surface area contributed by atoms with E-state index in [9.17, 15) is 9.59 Å². The molecule has 2 aromatic carbocycles. The highest BCUT2D eigenvalue weighted by atomic mass is 35.5. The second-order valence-electron chi connectivity index (χ2n) is 8.37. The monoisotopic (exact) mass is 544 g/mol. The molecule has 4 rings (SSSR count). The number of carbonyl (C=O) groups excluding carboxylic acids is 1. The summed E-state index contributed by atoms with van der Waals surface area (Å²) >= 11 is 13.4. The molecule has 1 unspecified atom stereocenters. The topological polar surface area (TPSA) is 69.9 Å². The number of thiazole rings is 1. The van der Waals surface area contributed by atoms with Crippen molar-refractivity contribution in [3.8, 4) is 5.75 Å². The van der Waals surface area contributed by atoms with Gasteiger partial charge in [0.15, 0.2) is 4.80 Å². The largest absolute Gasteiger partial charge is 0.494 e. The minimum absolute atomic E-state index is 0.261. The van der Waals surface area contributed by atoms with Gasteiger partial charge >= 0.3 is 5.97 Å². The standard InChI is InChI=1S/C27H26Cl2N2O4S/c1-4-5-6-13-35-19-10-8-18(9-11-19)24-23(26(33)34-3)16(2)30-27-31(24)25(32)22(36-27)15-17-7-12-20(28)21(29)14-17/h7-12,14-15,24H,4-6,13H2,1-3H3/b22-15-. The Hall–Kier alpha value is -2.87. The normalized spacial score (nSPS) is 15.5. The number of hydrogen-bond donors (Lipinski definition) is 0. The van der Waals surface area contributed by atoms with Gasteiger partial charge in [-0.25, -0.2) is 9.79 Å². The van der Waals surface area contributed by atoms with E-state index in [4.69, 9.17) is 32.7 Å². The summed E-state index contributed by atoms with van der Waals surface area (Å²) in [6.07, 6.45) is 4.97. The highest BCUT2D eigenvalue weighted by Crippen LogP contribution is 2.31. The Morgan fingerprint density at radius 3 is 2.56 bits per heavy atom. The van der Waals surface area contributed by atoms with Gasteiger partial charge < -0.3 is 9.47 Å². The van der Waals surface area contributed by atoms with Crippen LogP contribution in [0.3, 0.4) is 0 Å². The average molecular weight is 545 g/mol. The average Bonchev–Trinajstić information content (AvgIpc) is 3.17. The smallest absolute Gasteiger partial charge is 0.338 e. The number of allylic oxidation sites excluding steroid dienone is 1. The van der Waals surface area contributed by atoms with Crippen LogP contribution < -0.4 is 19.6 Å². The second kappa shape index (κ2) is 11.5. The Bertz CT molecular complexity index is 1490. The number of hydrogen-bond acceptors (Lipinski definition) is 6. The van der Waals surface area contributed by atoms with Crippen molar-refractivity contribution in [2.45, 2.75) is 39.2 Å². The summed E-state index contributed by atoms with van der Waals surface area (Å²) in [5.41, 5.74) is 2.06. The maximum Gasteiger partial charge on any atom is 0.338 e. The van der Waals surface area contributed by atoms with Gasteiger partial charge in [-0.15, -0.1) is 0 Å². The number of ether oxygens (including phenoxy) is 2. The third-order valence-electron chi connectivity index (χ3n) is 5.88. The molecule has 1 aliphatic heterocycles. The summed E-state index contributed by atoms with van der Waals surface area (Å²) in [5.74, 6) is 0.210. The van der Waals surface area contributed by atoms with Crippen LogP contribution in [0.5, 0.6) is 5.75 Å². The van der Waals surface area contributed by atoms with Gasteiger partial charge in [0.2, 0.25) is 0 Å². The lowest BCUT2D eigenvalue weighted by Gasteiger charge is -2.24. The number of unbranched alkanes of at least 4 members (excludes halogenated alkanes) is 2. The van der Waals surface area contributed by atoms with Crippen molar-refractivity contribution in [3.63, 3.8) is 0 Å². The van der Waals surface area contributed by atoms with Crippen molar-refractivity contribution in [2.24, 2.45) is 4.99 Å². The number of aromatic nitrogens is 1. The molecule has 0 amide bonds. The Morgan fingerprint density at radius 2 is 1.89 bits per heavy atom. The summed E-state index contributed by atoms with van der Waals surface area (Å²) in [4.78, 5) is 31.5. The minimum Gasteiger partial charge on any atom is -0.494 e. The summed E-state index contributed by atoms with van der Waals surface area (Å²) in [6, 6.07) is 11.9. The summed E-state index contributed by atoms with van der Waals surface area (Å²) in [5, 5.41) is 0.836. The molecule has 9 heteroatoms. The van der Waals surface area contributed by atoms with Crippen LogP contribution in [0.25, 0.3) is 6.08 Å². The number of benzene rings is 2. The number of rotatable bonds is 8. The summed E-state index contributed by atoms with van der Waals surface area (Å²) in [6.45, 7) is 4.54. The molecule has 0 saturated carbocycles. The Morgan fingerprint density at radius 1 is 1.14 bits per heavy atom. The molecule has 6 nitrogen and oxygen atoms in total. The zero-order chi connectivity index (χ0) is 25.8. The molecule has 0 fully saturated rings. The van der Waals surface area contributed by atoms with Gasteiger partial charge in [0, 0.05) is 0 Å². The number of nitrogens with zero attached hydrogens (tertiary/aromatic N) is 2. The van der Waals surface area contributed by atoms with Crippen molar-refractivity contribution in [2.75, 3.05) is 13.7 Å². The van der Waals surface area contributed by atoms with Crippen molar-refractivity contribution in [3.05, 3.63) is 94.6 Å². The molecule has 0 saturated heterocycles. The lowest BCUT2D eigenvalue weighted by atomic mass is 9.96. The third kappa shape index (κ3) is 5.43. The lowest BCUT2D eigenvalue weighted by Crippen LogP contribution is -2.39. The molecule has 0 radical (unpaired) electrons. The van der Waals surface area contributed by atoms with Crippen LogP contribution in [-0.2, 0) is 9.53 Å². The molecule has 1 aromatic heterocycles. The SMILES string of the molecule is CCCCCOc1ccc(C2C(C(=O)OC)=C(C)N=c3s/c(=C\c4ccc(Cl)c(Cl)c4)c(=O)n32)cc1. The number of esters is 1. The molecule has 1 aliphatic rings. The number of methoxy groups -OCH3 is 1. The Balaban J connectivity index is 1.79. The first kappa shape index (κ1) is 26.2. The molecule has 1 atom stereocenters. The molecule has 0 spiro atoms. The van der Waals surface area contributed by atoms with Crippen LogP contribution in [0.1, 0.15) is 50.3 Å². The van der Waals surface area contributed by atoms with Crippen LogP contribution in [0.15, 0.2) is 63.5 Å². The fourth-order valence-electron chi connectivity index (χ4n) is 4.05. The molecular weight excluding hydrogens is 519 g/mol. The summed E-state index contributed by atoms with van der Waals surface area (Å²) in [7, 11) is 1.32. The molecule has 3 aromatic rings. The Kier molecular flexibility index (Phi) is 8.34. The first-order chi connectivity index (χ1) is 17.3. The third-order valence-corrected chi connectivity index (χ3v) is 7.60. The molecule has 0 N–H and O–H groups in total. The predicted molar refractivity (Wildman–Crippen MR) is 144 cm³/mol. The van der Waals surface area contributed by atoms with E-state index in [1.54, 1.807) is 35.8 Å². The minimum atomic E-state index is -0.682. The maximum absolute atomic E-state index is 13.6. The molecule has 0 aliphatic carbocycles. The van der Waals surface area contributed by atoms with Crippen LogP contribution in [0, 0.1) is 0 Å². The van der Waals surface area contributed by atoms with E-state index < -0.39 is 12.0 Å². The highest BCUT2D eigenvalue weighted by Gasteiger charge is 2.33. The van der Waals surface area contributed by atoms with Gasteiger partial charge in [-0.3, -0.25) is 9.36 Å². The number of halogens is 2. The molecule has 0 bridgehead atoms. The van der Waals surface area contributed by atoms with Gasteiger partial charge in [-0.1, -0.05) is 72.5 Å². The van der Waals surface area contributed by atoms with E-state index in [0.717, 1.165) is 36.1 Å². The van der Waals surface area contributed by atoms with Gasteiger partial charge in [0.05, 0.1) is 45.6 Å². The lowest BCUT2D eigenvalue weighted by molar-refractivity contribution is -0.136. The van der Waals surface area contributed by atoms with Gasteiger partial charge in [0.25, 0.3) is 5.56 Å². The van der Waals surface area contributed by atoms with E-state index in [1.807, 2.05) is 24.3 Å². The predicted octanol–water partition coefficient (Wildman–Crippen LogP) is 5.28. The Labute approximate surface area is 223 Å². The van der Waals surface area contributed by atoms with Crippen LogP contribution in [0.4, 0.5) is 0 Å². The van der Waals surface area contributed by atoms with E-state index >= 15 is 0 Å². The van der Waals surface area contributed by atoms with Gasteiger partial charge in [-0.05, 0) is 54.8 Å². The zero-order valence-corrected chi connectivity index (χ0v) is 22.5. The quantitative estimate of drug-likeness (QED) is 0.285. The molecular formula is C27H26Cl2N2O4S. The zero-order valence-electron chi connectivity index (χ0n) is 20.2. The van der Waals surface area contributed by atoms with Crippen molar-refractivity contribution < 1.29 is 14.3 Å². The fourth-order valence-corrected chi connectivity index (χ4v) is 5.40. The van der Waals surface area contributed by atoms with Crippen molar-refractivity contribution >= 4 is 46.6 Å². The maximum atomic E-state index is 13.6. The van der Waals surface area contributed by atoms with Crippen LogP contribution in [-0.4, -0.2) is 24.3 Å².